The second-order valence-electron chi connectivity index (χ2n) is 7.17. The van der Waals surface area contributed by atoms with Crippen molar-refractivity contribution in [1.82, 2.24) is 0 Å². The third-order valence-electron chi connectivity index (χ3n) is 4.11. The van der Waals surface area contributed by atoms with Gasteiger partial charge in [-0.1, -0.05) is 65.2 Å². The number of ether oxygens (including phenoxy) is 1. The largest absolute Gasteiger partial charge is 0.493 e. The number of hydrogen-bond acceptors (Lipinski definition) is 1. The van der Waals surface area contributed by atoms with Crippen LogP contribution in [-0.4, -0.2) is 6.61 Å². The van der Waals surface area contributed by atoms with Crippen LogP contribution in [0.25, 0.3) is 0 Å². The molecule has 1 nitrogen and oxygen atoms in total. The Hall–Kier alpha value is -1.42. The van der Waals surface area contributed by atoms with E-state index in [9.17, 15) is 0 Å². The summed E-state index contributed by atoms with van der Waals surface area (Å²) >= 11 is 0. The summed E-state index contributed by atoms with van der Waals surface area (Å²) in [6.45, 7) is 18.2. The molecule has 122 valence electrons. The average molecular weight is 300 g/mol. The number of rotatable bonds is 4. The summed E-state index contributed by atoms with van der Waals surface area (Å²) in [4.78, 5) is 0. The van der Waals surface area contributed by atoms with Gasteiger partial charge in [0.15, 0.2) is 0 Å². The fourth-order valence-corrected chi connectivity index (χ4v) is 2.66. The van der Waals surface area contributed by atoms with E-state index in [0.29, 0.717) is 18.4 Å². The highest BCUT2D eigenvalue weighted by Gasteiger charge is 2.25. The smallest absolute Gasteiger partial charge is 0.126 e. The molecule has 0 spiro atoms. The number of aryl methyl sites for hydroxylation is 1. The molecule has 0 aliphatic heterocycles. The van der Waals surface area contributed by atoms with Crippen LogP contribution in [0, 0.1) is 24.7 Å². The molecule has 22 heavy (non-hydrogen) atoms. The van der Waals surface area contributed by atoms with Crippen LogP contribution in [0.4, 0.5) is 0 Å². The van der Waals surface area contributed by atoms with Gasteiger partial charge in [0.1, 0.15) is 5.75 Å². The van der Waals surface area contributed by atoms with E-state index in [4.69, 9.17) is 4.74 Å². The molecule has 0 saturated heterocycles. The zero-order valence-corrected chi connectivity index (χ0v) is 15.6. The van der Waals surface area contributed by atoms with Crippen LogP contribution in [0.3, 0.4) is 0 Å². The molecule has 0 N–H and O–H groups in total. The lowest BCUT2D eigenvalue weighted by molar-refractivity contribution is 0.322. The first-order valence-corrected chi connectivity index (χ1v) is 8.48. The van der Waals surface area contributed by atoms with E-state index in [0.717, 1.165) is 12.2 Å². The van der Waals surface area contributed by atoms with E-state index in [1.54, 1.807) is 0 Å². The summed E-state index contributed by atoms with van der Waals surface area (Å²) in [5, 5.41) is 0. The standard InChI is InChI=1S/C21H32O/c1-9-11-12-16(4)17(5)18-13-15(3)14-19(21(6,7)8)20(18)22-10-2/h13-14,16-17H,9-10H2,1-8H3. The first-order valence-electron chi connectivity index (χ1n) is 8.48. The first-order chi connectivity index (χ1) is 10.2. The molecule has 0 radical (unpaired) electrons. The van der Waals surface area contributed by atoms with Crippen molar-refractivity contribution in [2.75, 3.05) is 6.61 Å². The van der Waals surface area contributed by atoms with Gasteiger partial charge in [0.2, 0.25) is 0 Å². The van der Waals surface area contributed by atoms with Crippen LogP contribution in [0.2, 0.25) is 0 Å². The zero-order valence-electron chi connectivity index (χ0n) is 15.6. The third-order valence-corrected chi connectivity index (χ3v) is 4.11. The van der Waals surface area contributed by atoms with Crippen molar-refractivity contribution in [2.45, 2.75) is 73.1 Å². The summed E-state index contributed by atoms with van der Waals surface area (Å²) in [7, 11) is 0. The highest BCUT2D eigenvalue weighted by Crippen LogP contribution is 2.40. The number of hydrogen-bond donors (Lipinski definition) is 0. The molecular weight excluding hydrogens is 268 g/mol. The molecule has 0 aliphatic carbocycles. The fraction of sp³-hybridized carbons (Fsp3) is 0.619. The molecule has 0 heterocycles. The minimum absolute atomic E-state index is 0.0727. The van der Waals surface area contributed by atoms with E-state index in [-0.39, 0.29) is 5.41 Å². The van der Waals surface area contributed by atoms with Crippen LogP contribution in [0.1, 0.15) is 77.5 Å². The van der Waals surface area contributed by atoms with E-state index in [1.165, 1.54) is 16.7 Å². The molecule has 0 amide bonds. The zero-order chi connectivity index (χ0) is 16.9. The van der Waals surface area contributed by atoms with Crippen LogP contribution in [-0.2, 0) is 5.41 Å². The van der Waals surface area contributed by atoms with Crippen LogP contribution >= 0.6 is 0 Å². The predicted octanol–water partition coefficient (Wildman–Crippen LogP) is 5.84. The van der Waals surface area contributed by atoms with Gasteiger partial charge in [0.05, 0.1) is 6.61 Å². The third kappa shape index (κ3) is 4.54. The molecule has 2 atom stereocenters. The topological polar surface area (TPSA) is 9.23 Å². The Bertz CT molecular complexity index is 552. The summed E-state index contributed by atoms with van der Waals surface area (Å²) in [6, 6.07) is 4.54. The molecule has 0 aliphatic rings. The van der Waals surface area contributed by atoms with Crippen LogP contribution in [0.5, 0.6) is 5.75 Å². The Morgan fingerprint density at radius 3 is 2.27 bits per heavy atom. The quantitative estimate of drug-likeness (QED) is 0.634. The van der Waals surface area contributed by atoms with E-state index in [2.05, 4.69) is 79.4 Å². The highest BCUT2D eigenvalue weighted by molar-refractivity contribution is 5.49. The summed E-state index contributed by atoms with van der Waals surface area (Å²) in [6.07, 6.45) is 0.913. The molecule has 1 aromatic rings. The lowest BCUT2D eigenvalue weighted by atomic mass is 9.80. The molecule has 0 saturated carbocycles. The van der Waals surface area contributed by atoms with Crippen molar-refractivity contribution in [3.05, 3.63) is 28.8 Å². The summed E-state index contributed by atoms with van der Waals surface area (Å²) < 4.78 is 6.08. The Morgan fingerprint density at radius 1 is 1.14 bits per heavy atom. The maximum absolute atomic E-state index is 6.08. The van der Waals surface area contributed by atoms with Gasteiger partial charge < -0.3 is 4.74 Å². The van der Waals surface area contributed by atoms with Crippen LogP contribution in [0.15, 0.2) is 12.1 Å². The van der Waals surface area contributed by atoms with Crippen molar-refractivity contribution in [3.8, 4) is 17.6 Å². The minimum atomic E-state index is 0.0727. The van der Waals surface area contributed by atoms with Gasteiger partial charge >= 0.3 is 0 Å². The van der Waals surface area contributed by atoms with Gasteiger partial charge in [0, 0.05) is 17.9 Å². The second kappa shape index (κ2) is 7.73. The SMILES string of the molecule is CCC#CC(C)C(C)c1cc(C)cc(C(C)(C)C)c1OCC. The Morgan fingerprint density at radius 2 is 1.77 bits per heavy atom. The van der Waals surface area contributed by atoms with Crippen molar-refractivity contribution in [1.29, 1.82) is 0 Å². The molecular formula is C21H32O. The van der Waals surface area contributed by atoms with Gasteiger partial charge in [-0.05, 0) is 30.7 Å². The summed E-state index contributed by atoms with van der Waals surface area (Å²) in [5.74, 6) is 8.35. The summed E-state index contributed by atoms with van der Waals surface area (Å²) in [5.41, 5.74) is 3.96. The second-order valence-corrected chi connectivity index (χ2v) is 7.17. The highest BCUT2D eigenvalue weighted by atomic mass is 16.5. The minimum Gasteiger partial charge on any atom is -0.493 e. The number of benzene rings is 1. The van der Waals surface area contributed by atoms with Gasteiger partial charge in [-0.25, -0.2) is 0 Å². The molecule has 0 bridgehead atoms. The van der Waals surface area contributed by atoms with Crippen LogP contribution < -0.4 is 4.74 Å². The molecule has 1 rings (SSSR count). The molecule has 1 aromatic carbocycles. The Balaban J connectivity index is 3.42. The Kier molecular flexibility index (Phi) is 6.54. The maximum Gasteiger partial charge on any atom is 0.126 e. The van der Waals surface area contributed by atoms with E-state index < -0.39 is 0 Å². The first kappa shape index (κ1) is 18.6. The predicted molar refractivity (Wildman–Crippen MR) is 96.7 cm³/mol. The molecule has 0 fully saturated rings. The molecule has 2 unspecified atom stereocenters. The van der Waals surface area contributed by atoms with E-state index in [1.807, 2.05) is 0 Å². The van der Waals surface area contributed by atoms with Gasteiger partial charge in [-0.2, -0.15) is 0 Å². The lowest BCUT2D eigenvalue weighted by Gasteiger charge is -2.28. The van der Waals surface area contributed by atoms with Crippen molar-refractivity contribution < 1.29 is 4.74 Å². The fourth-order valence-electron chi connectivity index (χ4n) is 2.66. The monoisotopic (exact) mass is 300 g/mol. The maximum atomic E-state index is 6.08. The molecule has 0 aromatic heterocycles. The molecule has 1 heteroatoms. The lowest BCUT2D eigenvalue weighted by Crippen LogP contribution is -2.17. The van der Waals surface area contributed by atoms with Crippen molar-refractivity contribution in [2.24, 2.45) is 5.92 Å². The van der Waals surface area contributed by atoms with Crippen molar-refractivity contribution >= 4 is 0 Å². The normalized spacial score (nSPS) is 14.0. The van der Waals surface area contributed by atoms with E-state index >= 15 is 0 Å². The average Bonchev–Trinajstić information content (AvgIpc) is 2.44. The van der Waals surface area contributed by atoms with Crippen molar-refractivity contribution in [3.63, 3.8) is 0 Å². The van der Waals surface area contributed by atoms with Gasteiger partial charge in [-0.15, -0.1) is 5.92 Å². The van der Waals surface area contributed by atoms with Gasteiger partial charge in [-0.3, -0.25) is 0 Å². The van der Waals surface area contributed by atoms with Gasteiger partial charge in [0.25, 0.3) is 0 Å². The Labute approximate surface area is 137 Å².